The van der Waals surface area contributed by atoms with Crippen LogP contribution in [0.2, 0.25) is 0 Å². The lowest BCUT2D eigenvalue weighted by atomic mass is 9.92. The first-order chi connectivity index (χ1) is 11.5. The summed E-state index contributed by atoms with van der Waals surface area (Å²) in [6.07, 6.45) is 3.25. The van der Waals surface area contributed by atoms with Gasteiger partial charge in [-0.05, 0) is 31.2 Å². The predicted octanol–water partition coefficient (Wildman–Crippen LogP) is 0.607. The maximum absolute atomic E-state index is 12.0. The molecule has 24 heavy (non-hydrogen) atoms. The summed E-state index contributed by atoms with van der Waals surface area (Å²) in [4.78, 5) is 33.5. The number of aromatic nitrogens is 2. The van der Waals surface area contributed by atoms with Gasteiger partial charge in [-0.25, -0.2) is 9.97 Å². The van der Waals surface area contributed by atoms with Crippen molar-refractivity contribution in [2.24, 2.45) is 5.92 Å². The lowest BCUT2D eigenvalue weighted by Gasteiger charge is -2.31. The van der Waals surface area contributed by atoms with Gasteiger partial charge in [0.2, 0.25) is 5.91 Å². The van der Waals surface area contributed by atoms with Crippen LogP contribution >= 0.6 is 11.6 Å². The molecule has 2 amide bonds. The van der Waals surface area contributed by atoms with E-state index in [4.69, 9.17) is 11.6 Å². The van der Waals surface area contributed by atoms with Crippen LogP contribution in [0.3, 0.4) is 0 Å². The Morgan fingerprint density at radius 3 is 2.75 bits per heavy atom. The molecule has 1 atom stereocenters. The summed E-state index contributed by atoms with van der Waals surface area (Å²) in [5.41, 5.74) is 1.09. The van der Waals surface area contributed by atoms with E-state index in [2.05, 4.69) is 15.3 Å². The number of rotatable bonds is 6. The Morgan fingerprint density at radius 1 is 1.42 bits per heavy atom. The zero-order chi connectivity index (χ0) is 17.5. The number of nitrogens with one attached hydrogen (secondary N) is 1. The molecule has 1 aliphatic rings. The minimum atomic E-state index is -0.775. The van der Waals surface area contributed by atoms with E-state index in [1.54, 1.807) is 13.0 Å². The highest BCUT2D eigenvalue weighted by atomic mass is 35.5. The topological polar surface area (TPSA) is 95.4 Å². The van der Waals surface area contributed by atoms with Gasteiger partial charge in [-0.1, -0.05) is 0 Å². The molecule has 7 nitrogen and oxygen atoms in total. The van der Waals surface area contributed by atoms with E-state index in [0.29, 0.717) is 5.92 Å². The molecular formula is C16H23ClN4O3. The number of amides is 2. The zero-order valence-corrected chi connectivity index (χ0v) is 14.5. The van der Waals surface area contributed by atoms with E-state index >= 15 is 0 Å². The van der Waals surface area contributed by atoms with Crippen LogP contribution in [-0.4, -0.2) is 63.4 Å². The van der Waals surface area contributed by atoms with Crippen molar-refractivity contribution in [1.29, 1.82) is 0 Å². The summed E-state index contributed by atoms with van der Waals surface area (Å²) in [6.45, 7) is 3.23. The van der Waals surface area contributed by atoms with Gasteiger partial charge in [-0.2, -0.15) is 0 Å². The first kappa shape index (κ1) is 18.6. The summed E-state index contributed by atoms with van der Waals surface area (Å²) in [5, 5.41) is 12.0. The van der Waals surface area contributed by atoms with E-state index in [-0.39, 0.29) is 29.9 Å². The lowest BCUT2D eigenvalue weighted by molar-refractivity contribution is -0.130. The Bertz CT molecular complexity index is 576. The van der Waals surface area contributed by atoms with E-state index in [9.17, 15) is 14.7 Å². The van der Waals surface area contributed by atoms with Crippen molar-refractivity contribution < 1.29 is 14.7 Å². The average molecular weight is 355 g/mol. The van der Waals surface area contributed by atoms with Crippen molar-refractivity contribution in [2.75, 3.05) is 25.5 Å². The Kier molecular flexibility index (Phi) is 6.93. The predicted molar refractivity (Wildman–Crippen MR) is 89.8 cm³/mol. The van der Waals surface area contributed by atoms with Crippen molar-refractivity contribution >= 4 is 23.4 Å². The molecule has 0 unspecified atom stereocenters. The standard InChI is InChI=1S/C16H23ClN4O3/c1-11(22)21-4-2-12(3-5-21)6-13-7-15(20-10-19-13)16(24)18-9-14(23)8-17/h7,10,12,14,23H,2-6,8-9H2,1H3,(H,18,24)/t14-/m1/s1. The molecular weight excluding hydrogens is 332 g/mol. The number of carbonyl (C=O) groups excluding carboxylic acids is 2. The normalized spacial score (nSPS) is 16.7. The molecule has 1 aliphatic heterocycles. The van der Waals surface area contributed by atoms with Crippen molar-refractivity contribution in [1.82, 2.24) is 20.2 Å². The number of carbonyl (C=O) groups is 2. The first-order valence-corrected chi connectivity index (χ1v) is 8.61. The van der Waals surface area contributed by atoms with Crippen LogP contribution in [0.15, 0.2) is 12.4 Å². The van der Waals surface area contributed by atoms with Crippen LogP contribution in [0.5, 0.6) is 0 Å². The SMILES string of the molecule is CC(=O)N1CCC(Cc2cc(C(=O)NC[C@H](O)CCl)ncn2)CC1. The number of aliphatic hydroxyl groups is 1. The third-order valence-electron chi connectivity index (χ3n) is 4.19. The molecule has 1 aromatic heterocycles. The fourth-order valence-electron chi connectivity index (χ4n) is 2.74. The van der Waals surface area contributed by atoms with Crippen molar-refractivity contribution in [3.05, 3.63) is 23.8 Å². The highest BCUT2D eigenvalue weighted by Crippen LogP contribution is 2.21. The molecule has 0 spiro atoms. The van der Waals surface area contributed by atoms with Crippen molar-refractivity contribution in [3.63, 3.8) is 0 Å². The average Bonchev–Trinajstić information content (AvgIpc) is 2.60. The van der Waals surface area contributed by atoms with Gasteiger partial charge in [-0.3, -0.25) is 9.59 Å². The fraction of sp³-hybridized carbons (Fsp3) is 0.625. The van der Waals surface area contributed by atoms with Crippen LogP contribution in [0.25, 0.3) is 0 Å². The summed E-state index contributed by atoms with van der Waals surface area (Å²) in [6, 6.07) is 1.68. The van der Waals surface area contributed by atoms with Gasteiger partial charge in [0.15, 0.2) is 0 Å². The van der Waals surface area contributed by atoms with Crippen LogP contribution in [0, 0.1) is 5.92 Å². The van der Waals surface area contributed by atoms with Gasteiger partial charge < -0.3 is 15.3 Å². The summed E-state index contributed by atoms with van der Waals surface area (Å²) >= 11 is 5.49. The third-order valence-corrected chi connectivity index (χ3v) is 4.55. The Hall–Kier alpha value is -1.73. The van der Waals surface area contributed by atoms with Gasteiger partial charge in [0.25, 0.3) is 5.91 Å². The monoisotopic (exact) mass is 354 g/mol. The van der Waals surface area contributed by atoms with Crippen LogP contribution in [-0.2, 0) is 11.2 Å². The second-order valence-electron chi connectivity index (χ2n) is 6.07. The summed E-state index contributed by atoms with van der Waals surface area (Å²) in [7, 11) is 0. The minimum Gasteiger partial charge on any atom is -0.390 e. The number of piperidine rings is 1. The molecule has 1 fully saturated rings. The number of halogens is 1. The molecule has 0 radical (unpaired) electrons. The van der Waals surface area contributed by atoms with Crippen LogP contribution in [0.1, 0.15) is 35.9 Å². The third kappa shape index (κ3) is 5.42. The zero-order valence-electron chi connectivity index (χ0n) is 13.7. The number of likely N-dealkylation sites (tertiary alicyclic amines) is 1. The number of aliphatic hydroxyl groups excluding tert-OH is 1. The van der Waals surface area contributed by atoms with Crippen molar-refractivity contribution in [2.45, 2.75) is 32.3 Å². The second-order valence-corrected chi connectivity index (χ2v) is 6.37. The van der Waals surface area contributed by atoms with Gasteiger partial charge in [0, 0.05) is 32.3 Å². The number of nitrogens with zero attached hydrogens (tertiary/aromatic N) is 3. The maximum Gasteiger partial charge on any atom is 0.270 e. The maximum atomic E-state index is 12.0. The molecule has 132 valence electrons. The highest BCUT2D eigenvalue weighted by molar-refractivity contribution is 6.18. The van der Waals surface area contributed by atoms with Gasteiger partial charge in [-0.15, -0.1) is 11.6 Å². The largest absolute Gasteiger partial charge is 0.390 e. The summed E-state index contributed by atoms with van der Waals surface area (Å²) < 4.78 is 0. The lowest BCUT2D eigenvalue weighted by Crippen LogP contribution is -2.37. The first-order valence-electron chi connectivity index (χ1n) is 8.08. The van der Waals surface area contributed by atoms with E-state index < -0.39 is 6.10 Å². The smallest absolute Gasteiger partial charge is 0.270 e. The number of hydrogen-bond acceptors (Lipinski definition) is 5. The molecule has 2 heterocycles. The van der Waals surface area contributed by atoms with E-state index in [0.717, 1.165) is 38.0 Å². The minimum absolute atomic E-state index is 0.0638. The number of hydrogen-bond donors (Lipinski definition) is 2. The molecule has 1 saturated heterocycles. The molecule has 0 bridgehead atoms. The quantitative estimate of drug-likeness (QED) is 0.730. The van der Waals surface area contributed by atoms with Gasteiger partial charge in [0.1, 0.15) is 12.0 Å². The van der Waals surface area contributed by atoms with Gasteiger partial charge >= 0.3 is 0 Å². The highest BCUT2D eigenvalue weighted by Gasteiger charge is 2.21. The number of alkyl halides is 1. The second kappa shape index (κ2) is 8.94. The molecule has 0 saturated carbocycles. The molecule has 8 heteroatoms. The molecule has 2 rings (SSSR count). The molecule has 1 aromatic rings. The van der Waals surface area contributed by atoms with Gasteiger partial charge in [0.05, 0.1) is 12.0 Å². The molecule has 0 aromatic carbocycles. The van der Waals surface area contributed by atoms with E-state index in [1.165, 1.54) is 6.33 Å². The Morgan fingerprint density at radius 2 is 2.12 bits per heavy atom. The summed E-state index contributed by atoms with van der Waals surface area (Å²) in [5.74, 6) is 0.279. The van der Waals surface area contributed by atoms with Crippen molar-refractivity contribution in [3.8, 4) is 0 Å². The Labute approximate surface area is 146 Å². The molecule has 2 N–H and O–H groups in total. The fourth-order valence-corrected chi connectivity index (χ4v) is 2.85. The molecule has 0 aliphatic carbocycles. The van der Waals surface area contributed by atoms with E-state index in [1.807, 2.05) is 4.90 Å². The van der Waals surface area contributed by atoms with Crippen LogP contribution < -0.4 is 5.32 Å². The van der Waals surface area contributed by atoms with Crippen LogP contribution in [0.4, 0.5) is 0 Å². The Balaban J connectivity index is 1.89.